The second-order valence-electron chi connectivity index (χ2n) is 4.25. The molecule has 20 heavy (non-hydrogen) atoms. The predicted molar refractivity (Wildman–Crippen MR) is 79.8 cm³/mol. The maximum Gasteiger partial charge on any atom is 0.419 e. The number of aromatic nitrogens is 2. The van der Waals surface area contributed by atoms with E-state index in [0.29, 0.717) is 17.8 Å². The number of anilines is 1. The van der Waals surface area contributed by atoms with Crippen LogP contribution >= 0.6 is 11.8 Å². The van der Waals surface area contributed by atoms with Crippen LogP contribution in [0.5, 0.6) is 0 Å². The molecule has 3 aromatic rings. The molecule has 0 saturated heterocycles. The molecule has 0 aliphatic rings. The van der Waals surface area contributed by atoms with Gasteiger partial charge in [0.1, 0.15) is 0 Å². The van der Waals surface area contributed by atoms with Crippen molar-refractivity contribution in [3.8, 4) is 0 Å². The number of nitrogens with zero attached hydrogens (tertiary/aromatic N) is 2. The second-order valence-corrected chi connectivity index (χ2v) is 5.39. The topological polar surface area (TPSA) is 74.0 Å². The maximum atomic E-state index is 11.8. The number of hydrogen-bond donors (Lipinski definition) is 1. The summed E-state index contributed by atoms with van der Waals surface area (Å²) in [4.78, 5) is 16.7. The van der Waals surface area contributed by atoms with Crippen molar-refractivity contribution >= 4 is 28.5 Å². The van der Waals surface area contributed by atoms with Gasteiger partial charge in [0.25, 0.3) is 0 Å². The zero-order chi connectivity index (χ0) is 13.9. The molecular formula is C14H13N3O2S. The van der Waals surface area contributed by atoms with Crippen LogP contribution in [0.4, 0.5) is 5.69 Å². The van der Waals surface area contributed by atoms with Gasteiger partial charge in [0.2, 0.25) is 0 Å². The predicted octanol–water partition coefficient (Wildman–Crippen LogP) is 2.36. The van der Waals surface area contributed by atoms with E-state index in [1.165, 1.54) is 0 Å². The number of aryl methyl sites for hydroxylation is 1. The molecule has 102 valence electrons. The van der Waals surface area contributed by atoms with Crippen molar-refractivity contribution < 1.29 is 4.42 Å². The summed E-state index contributed by atoms with van der Waals surface area (Å²) in [5, 5.41) is 0. The van der Waals surface area contributed by atoms with Crippen LogP contribution < -0.4 is 11.5 Å². The normalized spacial score (nSPS) is 11.0. The van der Waals surface area contributed by atoms with E-state index >= 15 is 0 Å². The Labute approximate surface area is 119 Å². The first-order valence-corrected chi connectivity index (χ1v) is 7.15. The third-order valence-electron chi connectivity index (χ3n) is 2.96. The zero-order valence-corrected chi connectivity index (χ0v) is 11.5. The van der Waals surface area contributed by atoms with Crippen LogP contribution in [-0.2, 0) is 6.54 Å². The second kappa shape index (κ2) is 5.42. The molecule has 2 heterocycles. The lowest BCUT2D eigenvalue weighted by Gasteiger charge is -2.05. The summed E-state index contributed by atoms with van der Waals surface area (Å²) < 4.78 is 6.83. The van der Waals surface area contributed by atoms with Gasteiger partial charge >= 0.3 is 5.76 Å². The molecule has 0 aliphatic carbocycles. The summed E-state index contributed by atoms with van der Waals surface area (Å²) in [6, 6.07) is 9.28. The lowest BCUT2D eigenvalue weighted by Crippen LogP contribution is -2.15. The Kier molecular flexibility index (Phi) is 3.47. The Morgan fingerprint density at radius 1 is 1.30 bits per heavy atom. The van der Waals surface area contributed by atoms with Gasteiger partial charge in [-0.1, -0.05) is 12.1 Å². The van der Waals surface area contributed by atoms with E-state index in [-0.39, 0.29) is 5.76 Å². The Hall–Kier alpha value is -2.21. The molecule has 2 aromatic heterocycles. The van der Waals surface area contributed by atoms with E-state index in [9.17, 15) is 4.79 Å². The van der Waals surface area contributed by atoms with Crippen LogP contribution in [0.1, 0.15) is 0 Å². The van der Waals surface area contributed by atoms with Crippen molar-refractivity contribution in [2.45, 2.75) is 11.4 Å². The molecule has 0 saturated carbocycles. The fourth-order valence-electron chi connectivity index (χ4n) is 2.00. The van der Waals surface area contributed by atoms with Crippen molar-refractivity contribution in [2.24, 2.45) is 0 Å². The van der Waals surface area contributed by atoms with Crippen LogP contribution in [0, 0.1) is 0 Å². The number of oxazole rings is 1. The van der Waals surface area contributed by atoms with E-state index in [4.69, 9.17) is 10.2 Å². The van der Waals surface area contributed by atoms with Crippen LogP contribution in [0.25, 0.3) is 11.1 Å². The molecule has 6 heteroatoms. The van der Waals surface area contributed by atoms with E-state index in [1.54, 1.807) is 34.8 Å². The molecular weight excluding hydrogens is 274 g/mol. The summed E-state index contributed by atoms with van der Waals surface area (Å²) in [5.74, 6) is 0.409. The lowest BCUT2D eigenvalue weighted by atomic mass is 10.3. The van der Waals surface area contributed by atoms with Crippen molar-refractivity contribution in [1.82, 2.24) is 9.55 Å². The molecule has 5 nitrogen and oxygen atoms in total. The van der Waals surface area contributed by atoms with Crippen LogP contribution in [-0.4, -0.2) is 15.3 Å². The average molecular weight is 287 g/mol. The quantitative estimate of drug-likeness (QED) is 0.746. The molecule has 0 atom stereocenters. The van der Waals surface area contributed by atoms with E-state index < -0.39 is 0 Å². The van der Waals surface area contributed by atoms with Gasteiger partial charge in [-0.25, -0.2) is 4.79 Å². The molecule has 0 fully saturated rings. The van der Waals surface area contributed by atoms with Gasteiger partial charge < -0.3 is 10.2 Å². The summed E-state index contributed by atoms with van der Waals surface area (Å²) >= 11 is 1.60. The third kappa shape index (κ3) is 2.42. The number of rotatable bonds is 4. The molecule has 0 amide bonds. The molecule has 3 rings (SSSR count). The number of fused-ring (bicyclic) bond motifs is 1. The minimum Gasteiger partial charge on any atom is -0.408 e. The Balaban J connectivity index is 1.76. The number of thioether (sulfide) groups is 1. The molecule has 0 spiro atoms. The first kappa shape index (κ1) is 12.8. The van der Waals surface area contributed by atoms with Crippen LogP contribution in [0.3, 0.4) is 0 Å². The van der Waals surface area contributed by atoms with E-state index in [0.717, 1.165) is 16.2 Å². The summed E-state index contributed by atoms with van der Waals surface area (Å²) in [5.41, 5.74) is 7.92. The number of benzene rings is 1. The highest BCUT2D eigenvalue weighted by molar-refractivity contribution is 7.99. The van der Waals surface area contributed by atoms with Crippen molar-refractivity contribution in [2.75, 3.05) is 11.5 Å². The number of para-hydroxylation sites is 2. The Bertz CT molecular complexity index is 794. The lowest BCUT2D eigenvalue weighted by molar-refractivity contribution is 0.514. The van der Waals surface area contributed by atoms with Gasteiger partial charge in [-0.3, -0.25) is 9.55 Å². The largest absolute Gasteiger partial charge is 0.419 e. The van der Waals surface area contributed by atoms with E-state index in [2.05, 4.69) is 4.98 Å². The number of hydrogen-bond acceptors (Lipinski definition) is 5. The molecule has 0 aliphatic heterocycles. The van der Waals surface area contributed by atoms with Crippen LogP contribution in [0.15, 0.2) is 56.8 Å². The SMILES string of the molecule is Nc1cnccc1SCCn1c(=O)oc2ccccc21. The first-order chi connectivity index (χ1) is 9.75. The van der Waals surface area contributed by atoms with E-state index in [1.807, 2.05) is 24.3 Å². The van der Waals surface area contributed by atoms with Gasteiger partial charge in [0.05, 0.1) is 17.4 Å². The molecule has 1 aromatic carbocycles. The van der Waals surface area contributed by atoms with Crippen molar-refractivity contribution in [1.29, 1.82) is 0 Å². The Morgan fingerprint density at radius 3 is 3.00 bits per heavy atom. The molecule has 0 radical (unpaired) electrons. The molecule has 0 bridgehead atoms. The highest BCUT2D eigenvalue weighted by atomic mass is 32.2. The summed E-state index contributed by atoms with van der Waals surface area (Å²) in [6.45, 7) is 0.572. The number of pyridine rings is 1. The van der Waals surface area contributed by atoms with Gasteiger partial charge in [-0.05, 0) is 18.2 Å². The number of nitrogens with two attached hydrogens (primary N) is 1. The first-order valence-electron chi connectivity index (χ1n) is 6.16. The van der Waals surface area contributed by atoms with Crippen molar-refractivity contribution in [3.63, 3.8) is 0 Å². The zero-order valence-electron chi connectivity index (χ0n) is 10.7. The minimum atomic E-state index is -0.325. The minimum absolute atomic E-state index is 0.325. The fraction of sp³-hybridized carbons (Fsp3) is 0.143. The number of nitrogen functional groups attached to an aromatic ring is 1. The highest BCUT2D eigenvalue weighted by Gasteiger charge is 2.08. The fourth-order valence-corrected chi connectivity index (χ4v) is 2.87. The van der Waals surface area contributed by atoms with Crippen LogP contribution in [0.2, 0.25) is 0 Å². The monoisotopic (exact) mass is 287 g/mol. The van der Waals surface area contributed by atoms with Gasteiger partial charge in [0, 0.05) is 23.4 Å². The van der Waals surface area contributed by atoms with Gasteiger partial charge in [0.15, 0.2) is 5.58 Å². The maximum absolute atomic E-state index is 11.8. The smallest absolute Gasteiger partial charge is 0.408 e. The Morgan fingerprint density at radius 2 is 2.15 bits per heavy atom. The third-order valence-corrected chi connectivity index (χ3v) is 4.03. The van der Waals surface area contributed by atoms with Gasteiger partial charge in [-0.2, -0.15) is 0 Å². The molecule has 2 N–H and O–H groups in total. The van der Waals surface area contributed by atoms with Gasteiger partial charge in [-0.15, -0.1) is 11.8 Å². The molecule has 0 unspecified atom stereocenters. The average Bonchev–Trinajstić information content (AvgIpc) is 2.77. The summed E-state index contributed by atoms with van der Waals surface area (Å²) in [6.07, 6.45) is 3.33. The standard InChI is InChI=1S/C14H13N3O2S/c15-10-9-16-6-5-13(10)20-8-7-17-11-3-1-2-4-12(11)19-14(17)18/h1-6,9H,7-8,15H2. The van der Waals surface area contributed by atoms with Crippen molar-refractivity contribution in [3.05, 3.63) is 53.3 Å². The summed E-state index contributed by atoms with van der Waals surface area (Å²) in [7, 11) is 0. The highest BCUT2D eigenvalue weighted by Crippen LogP contribution is 2.23.